The van der Waals surface area contributed by atoms with E-state index in [4.69, 9.17) is 4.74 Å². The van der Waals surface area contributed by atoms with E-state index in [0.717, 1.165) is 42.9 Å². The van der Waals surface area contributed by atoms with Gasteiger partial charge in [-0.05, 0) is 43.4 Å². The van der Waals surface area contributed by atoms with Gasteiger partial charge in [0.05, 0.1) is 19.2 Å². The Kier molecular flexibility index (Phi) is 6.90. The summed E-state index contributed by atoms with van der Waals surface area (Å²) in [5, 5.41) is 15.4. The Labute approximate surface area is 167 Å². The van der Waals surface area contributed by atoms with Crippen LogP contribution >= 0.6 is 0 Å². The molecule has 7 heteroatoms. The summed E-state index contributed by atoms with van der Waals surface area (Å²) >= 11 is 0. The van der Waals surface area contributed by atoms with Crippen LogP contribution in [0.15, 0.2) is 29.3 Å². The second-order valence-corrected chi connectivity index (χ2v) is 7.71. The van der Waals surface area contributed by atoms with E-state index in [-0.39, 0.29) is 6.04 Å². The van der Waals surface area contributed by atoms with Crippen LogP contribution in [0.3, 0.4) is 0 Å². The standard InChI is InChI=1S/C21H32N6O/c1-15(2)14-28-18-10-8-17(9-11-18)16(3)24-21(22-4)23-13-20-26-25-19-7-5-6-12-27(19)20/h8-11,15-16H,5-7,12-14H2,1-4H3,(H2,22,23,24). The first kappa shape index (κ1) is 20.2. The molecule has 2 heterocycles. The molecule has 1 unspecified atom stereocenters. The van der Waals surface area contributed by atoms with Gasteiger partial charge in [-0.1, -0.05) is 26.0 Å². The van der Waals surface area contributed by atoms with Crippen LogP contribution in [0.4, 0.5) is 0 Å². The van der Waals surface area contributed by atoms with Gasteiger partial charge < -0.3 is 19.9 Å². The Morgan fingerprint density at radius 1 is 1.18 bits per heavy atom. The van der Waals surface area contributed by atoms with Crippen LogP contribution in [0.1, 0.15) is 56.9 Å². The number of hydrogen-bond donors (Lipinski definition) is 2. The number of nitrogens with one attached hydrogen (secondary N) is 2. The number of aromatic nitrogens is 3. The molecule has 0 fully saturated rings. The lowest BCUT2D eigenvalue weighted by molar-refractivity contribution is 0.271. The summed E-state index contributed by atoms with van der Waals surface area (Å²) in [6.45, 7) is 8.77. The Morgan fingerprint density at radius 2 is 1.96 bits per heavy atom. The van der Waals surface area contributed by atoms with Crippen molar-refractivity contribution in [1.29, 1.82) is 0 Å². The Morgan fingerprint density at radius 3 is 2.68 bits per heavy atom. The molecule has 0 bridgehead atoms. The fourth-order valence-corrected chi connectivity index (χ4v) is 3.26. The molecule has 0 radical (unpaired) electrons. The number of benzene rings is 1. The molecular weight excluding hydrogens is 352 g/mol. The van der Waals surface area contributed by atoms with Crippen LogP contribution < -0.4 is 15.4 Å². The third-order valence-electron chi connectivity index (χ3n) is 4.89. The molecule has 0 saturated carbocycles. The molecule has 1 aliphatic rings. The molecule has 152 valence electrons. The van der Waals surface area contributed by atoms with E-state index >= 15 is 0 Å². The van der Waals surface area contributed by atoms with Gasteiger partial charge in [-0.3, -0.25) is 4.99 Å². The fraction of sp³-hybridized carbons (Fsp3) is 0.571. The third-order valence-corrected chi connectivity index (χ3v) is 4.89. The van der Waals surface area contributed by atoms with Crippen LogP contribution in [0.5, 0.6) is 5.75 Å². The van der Waals surface area contributed by atoms with E-state index in [2.05, 4.69) is 63.3 Å². The number of rotatable bonds is 7. The number of aliphatic imine (C=N–C) groups is 1. The molecular formula is C21H32N6O. The van der Waals surface area contributed by atoms with Crippen LogP contribution in [0.25, 0.3) is 0 Å². The lowest BCUT2D eigenvalue weighted by Crippen LogP contribution is -2.38. The maximum absolute atomic E-state index is 5.76. The summed E-state index contributed by atoms with van der Waals surface area (Å²) in [4.78, 5) is 4.34. The van der Waals surface area contributed by atoms with Gasteiger partial charge in [0, 0.05) is 20.0 Å². The average molecular weight is 385 g/mol. The van der Waals surface area contributed by atoms with Crippen LogP contribution in [-0.4, -0.2) is 34.4 Å². The predicted octanol–water partition coefficient (Wildman–Crippen LogP) is 3.08. The van der Waals surface area contributed by atoms with Crippen molar-refractivity contribution < 1.29 is 4.74 Å². The smallest absolute Gasteiger partial charge is 0.191 e. The highest BCUT2D eigenvalue weighted by Gasteiger charge is 2.16. The zero-order valence-electron chi connectivity index (χ0n) is 17.4. The largest absolute Gasteiger partial charge is 0.493 e. The summed E-state index contributed by atoms with van der Waals surface area (Å²) in [5.74, 6) is 4.24. The molecule has 0 aliphatic carbocycles. The van der Waals surface area contributed by atoms with Crippen molar-refractivity contribution in [2.75, 3.05) is 13.7 Å². The van der Waals surface area contributed by atoms with Crippen molar-refractivity contribution in [2.24, 2.45) is 10.9 Å². The Hall–Kier alpha value is -2.57. The van der Waals surface area contributed by atoms with Crippen molar-refractivity contribution >= 4 is 5.96 Å². The lowest BCUT2D eigenvalue weighted by Gasteiger charge is -2.19. The van der Waals surface area contributed by atoms with E-state index in [9.17, 15) is 0 Å². The van der Waals surface area contributed by atoms with Gasteiger partial charge in [0.15, 0.2) is 11.8 Å². The highest BCUT2D eigenvalue weighted by atomic mass is 16.5. The molecule has 1 aromatic carbocycles. The summed E-state index contributed by atoms with van der Waals surface area (Å²) < 4.78 is 7.98. The van der Waals surface area contributed by atoms with Crippen LogP contribution in [0, 0.1) is 5.92 Å². The van der Waals surface area contributed by atoms with E-state index in [1.54, 1.807) is 7.05 Å². The first-order valence-electron chi connectivity index (χ1n) is 10.2. The average Bonchev–Trinajstić information content (AvgIpc) is 3.13. The summed E-state index contributed by atoms with van der Waals surface area (Å²) in [7, 11) is 1.78. The zero-order valence-corrected chi connectivity index (χ0v) is 17.4. The van der Waals surface area contributed by atoms with Crippen molar-refractivity contribution in [3.63, 3.8) is 0 Å². The normalized spacial score (nSPS) is 15.2. The van der Waals surface area contributed by atoms with Crippen LogP contribution in [-0.2, 0) is 19.5 Å². The molecule has 7 nitrogen and oxygen atoms in total. The van der Waals surface area contributed by atoms with E-state index in [1.807, 2.05) is 12.1 Å². The monoisotopic (exact) mass is 384 g/mol. The highest BCUT2D eigenvalue weighted by molar-refractivity contribution is 5.80. The minimum Gasteiger partial charge on any atom is -0.493 e. The molecule has 28 heavy (non-hydrogen) atoms. The van der Waals surface area contributed by atoms with Gasteiger partial charge >= 0.3 is 0 Å². The molecule has 1 aromatic heterocycles. The van der Waals surface area contributed by atoms with E-state index in [1.165, 1.54) is 18.4 Å². The van der Waals surface area contributed by atoms with Crippen molar-refractivity contribution in [2.45, 2.75) is 59.2 Å². The first-order chi connectivity index (χ1) is 13.6. The molecule has 0 amide bonds. The molecule has 1 atom stereocenters. The van der Waals surface area contributed by atoms with E-state index < -0.39 is 0 Å². The number of aryl methyl sites for hydroxylation is 1. The van der Waals surface area contributed by atoms with Crippen molar-refractivity contribution in [3.05, 3.63) is 41.5 Å². The van der Waals surface area contributed by atoms with Gasteiger partial charge in [0.1, 0.15) is 11.6 Å². The Balaban J connectivity index is 1.53. The second-order valence-electron chi connectivity index (χ2n) is 7.71. The lowest BCUT2D eigenvalue weighted by atomic mass is 10.1. The van der Waals surface area contributed by atoms with Crippen molar-refractivity contribution in [1.82, 2.24) is 25.4 Å². The maximum Gasteiger partial charge on any atom is 0.191 e. The van der Waals surface area contributed by atoms with Gasteiger partial charge in [0.2, 0.25) is 0 Å². The second kappa shape index (κ2) is 9.57. The van der Waals surface area contributed by atoms with Gasteiger partial charge in [-0.2, -0.15) is 0 Å². The number of ether oxygens (including phenoxy) is 1. The van der Waals surface area contributed by atoms with Gasteiger partial charge in [-0.15, -0.1) is 10.2 Å². The topological polar surface area (TPSA) is 76.4 Å². The van der Waals surface area contributed by atoms with E-state index in [0.29, 0.717) is 12.5 Å². The minimum atomic E-state index is 0.123. The Bertz CT molecular complexity index is 781. The summed E-state index contributed by atoms with van der Waals surface area (Å²) in [6, 6.07) is 8.35. The quantitative estimate of drug-likeness (QED) is 0.567. The van der Waals surface area contributed by atoms with Gasteiger partial charge in [0.25, 0.3) is 0 Å². The van der Waals surface area contributed by atoms with Crippen molar-refractivity contribution in [3.8, 4) is 5.75 Å². The van der Waals surface area contributed by atoms with Crippen LogP contribution in [0.2, 0.25) is 0 Å². The maximum atomic E-state index is 5.76. The molecule has 3 rings (SSSR count). The number of fused-ring (bicyclic) bond motifs is 1. The SMILES string of the molecule is CN=C(NCc1nnc2n1CCCC2)NC(C)c1ccc(OCC(C)C)cc1. The third kappa shape index (κ3) is 5.24. The number of nitrogens with zero attached hydrogens (tertiary/aromatic N) is 4. The number of guanidine groups is 1. The fourth-order valence-electron chi connectivity index (χ4n) is 3.26. The summed E-state index contributed by atoms with van der Waals surface area (Å²) in [5.41, 5.74) is 1.18. The highest BCUT2D eigenvalue weighted by Crippen LogP contribution is 2.18. The first-order valence-corrected chi connectivity index (χ1v) is 10.2. The zero-order chi connectivity index (χ0) is 19.9. The van der Waals surface area contributed by atoms with Gasteiger partial charge in [-0.25, -0.2) is 0 Å². The molecule has 0 saturated heterocycles. The molecule has 2 aromatic rings. The molecule has 1 aliphatic heterocycles. The molecule has 0 spiro atoms. The minimum absolute atomic E-state index is 0.123. The predicted molar refractivity (Wildman–Crippen MR) is 111 cm³/mol. The summed E-state index contributed by atoms with van der Waals surface area (Å²) in [6.07, 6.45) is 3.42. The molecule has 2 N–H and O–H groups in total. The number of hydrogen-bond acceptors (Lipinski definition) is 4.